The van der Waals surface area contributed by atoms with Crippen molar-refractivity contribution >= 4 is 23.2 Å². The number of carboxylic acids is 1. The maximum atomic E-state index is 10.4. The minimum atomic E-state index is -0.849. The van der Waals surface area contributed by atoms with Gasteiger partial charge < -0.3 is 5.11 Å². The Hall–Kier alpha value is -1.56. The lowest BCUT2D eigenvalue weighted by atomic mass is 10.5. The van der Waals surface area contributed by atoms with Crippen LogP contribution in [0.3, 0.4) is 0 Å². The van der Waals surface area contributed by atoms with Crippen molar-refractivity contribution in [1.29, 1.82) is 0 Å². The molecule has 2 rings (SSSR count). The van der Waals surface area contributed by atoms with Gasteiger partial charge in [0.25, 0.3) is 0 Å². The molecule has 0 saturated heterocycles. The zero-order chi connectivity index (χ0) is 9.97. The molecule has 0 aromatic carbocycles. The van der Waals surface area contributed by atoms with Crippen LogP contribution in [-0.4, -0.2) is 31.4 Å². The van der Waals surface area contributed by atoms with Crippen LogP contribution in [0.4, 0.5) is 0 Å². The number of thioether (sulfide) groups is 1. The van der Waals surface area contributed by atoms with Crippen molar-refractivity contribution in [2.24, 2.45) is 0 Å². The second kappa shape index (κ2) is 3.67. The third kappa shape index (κ3) is 1.69. The van der Waals surface area contributed by atoms with Gasteiger partial charge in [-0.05, 0) is 6.07 Å². The molecule has 0 spiro atoms. The maximum absolute atomic E-state index is 10.4. The van der Waals surface area contributed by atoms with Gasteiger partial charge in [-0.2, -0.15) is 5.10 Å². The van der Waals surface area contributed by atoms with Crippen LogP contribution in [0, 0.1) is 0 Å². The van der Waals surface area contributed by atoms with Crippen LogP contribution < -0.4 is 0 Å². The van der Waals surface area contributed by atoms with Crippen LogP contribution in [0.15, 0.2) is 29.7 Å². The van der Waals surface area contributed by atoms with Crippen molar-refractivity contribution in [3.8, 4) is 0 Å². The van der Waals surface area contributed by atoms with Crippen molar-refractivity contribution in [2.45, 2.75) is 5.03 Å². The topological polar surface area (TPSA) is 67.5 Å². The highest BCUT2D eigenvalue weighted by Gasteiger charge is 2.05. The lowest BCUT2D eigenvalue weighted by Crippen LogP contribution is -1.99. The van der Waals surface area contributed by atoms with Gasteiger partial charge in [-0.1, -0.05) is 11.8 Å². The van der Waals surface area contributed by atoms with E-state index in [1.807, 2.05) is 0 Å². The lowest BCUT2D eigenvalue weighted by molar-refractivity contribution is -0.133. The van der Waals surface area contributed by atoms with E-state index < -0.39 is 5.97 Å². The van der Waals surface area contributed by atoms with Crippen LogP contribution in [0.5, 0.6) is 0 Å². The summed E-state index contributed by atoms with van der Waals surface area (Å²) in [6, 6.07) is 1.80. The summed E-state index contributed by atoms with van der Waals surface area (Å²) in [4.78, 5) is 14.5. The Bertz CT molecular complexity index is 468. The predicted molar refractivity (Wildman–Crippen MR) is 51.3 cm³/mol. The van der Waals surface area contributed by atoms with Gasteiger partial charge in [0.2, 0.25) is 0 Å². The first-order chi connectivity index (χ1) is 6.77. The molecule has 2 aromatic heterocycles. The molecule has 0 radical (unpaired) electrons. The van der Waals surface area contributed by atoms with Crippen molar-refractivity contribution in [1.82, 2.24) is 14.6 Å². The van der Waals surface area contributed by atoms with E-state index in [1.165, 1.54) is 11.8 Å². The van der Waals surface area contributed by atoms with E-state index in [2.05, 4.69) is 10.1 Å². The minimum Gasteiger partial charge on any atom is -0.481 e. The number of aromatic nitrogens is 3. The number of hydrogen-bond acceptors (Lipinski definition) is 4. The van der Waals surface area contributed by atoms with Gasteiger partial charge in [0, 0.05) is 12.4 Å². The van der Waals surface area contributed by atoms with E-state index in [0.717, 1.165) is 5.52 Å². The van der Waals surface area contributed by atoms with Gasteiger partial charge >= 0.3 is 5.97 Å². The zero-order valence-electron chi connectivity index (χ0n) is 7.12. The Kier molecular flexibility index (Phi) is 2.36. The molecule has 0 saturated carbocycles. The molecule has 6 heteroatoms. The molecule has 72 valence electrons. The molecular weight excluding hydrogens is 202 g/mol. The van der Waals surface area contributed by atoms with Crippen LogP contribution >= 0.6 is 11.8 Å². The second-order valence-corrected chi connectivity index (χ2v) is 3.54. The van der Waals surface area contributed by atoms with E-state index in [0.29, 0.717) is 5.03 Å². The van der Waals surface area contributed by atoms with E-state index in [-0.39, 0.29) is 5.75 Å². The third-order valence-electron chi connectivity index (χ3n) is 1.62. The largest absolute Gasteiger partial charge is 0.481 e. The summed E-state index contributed by atoms with van der Waals surface area (Å²) in [7, 11) is 0. The van der Waals surface area contributed by atoms with Crippen LogP contribution in [-0.2, 0) is 4.79 Å². The summed E-state index contributed by atoms with van der Waals surface area (Å²) in [5, 5.41) is 13.2. The fraction of sp³-hybridized carbons (Fsp3) is 0.125. The van der Waals surface area contributed by atoms with E-state index in [1.54, 1.807) is 29.2 Å². The Balaban J connectivity index is 2.32. The Morgan fingerprint density at radius 2 is 2.43 bits per heavy atom. The number of carbonyl (C=O) groups is 1. The standard InChI is InChI=1S/C8H7N3O2S/c12-7(13)5-14-8-6-1-2-10-11(6)4-3-9-8/h1-4H,5H2,(H,12,13). The summed E-state index contributed by atoms with van der Waals surface area (Å²) in [6.45, 7) is 0. The molecule has 5 nitrogen and oxygen atoms in total. The molecule has 0 bridgehead atoms. The summed E-state index contributed by atoms with van der Waals surface area (Å²) < 4.78 is 1.66. The number of carboxylic acid groups (broad SMARTS) is 1. The SMILES string of the molecule is O=C(O)CSc1nccn2nccc12. The highest BCUT2D eigenvalue weighted by molar-refractivity contribution is 8.00. The molecule has 0 aliphatic rings. The van der Waals surface area contributed by atoms with Crippen LogP contribution in [0.1, 0.15) is 0 Å². The highest BCUT2D eigenvalue weighted by atomic mass is 32.2. The van der Waals surface area contributed by atoms with E-state index >= 15 is 0 Å². The smallest absolute Gasteiger partial charge is 0.313 e. The van der Waals surface area contributed by atoms with Crippen LogP contribution in [0.2, 0.25) is 0 Å². The van der Waals surface area contributed by atoms with E-state index in [4.69, 9.17) is 5.11 Å². The number of aliphatic carboxylic acids is 1. The minimum absolute atomic E-state index is 0.0118. The average Bonchev–Trinajstić information content (AvgIpc) is 2.62. The number of nitrogens with zero attached hydrogens (tertiary/aromatic N) is 3. The number of fused-ring (bicyclic) bond motifs is 1. The van der Waals surface area contributed by atoms with Crippen LogP contribution in [0.25, 0.3) is 5.52 Å². The fourth-order valence-electron chi connectivity index (χ4n) is 1.07. The van der Waals surface area contributed by atoms with E-state index in [9.17, 15) is 4.79 Å². The molecule has 0 atom stereocenters. The molecule has 1 N–H and O–H groups in total. The van der Waals surface area contributed by atoms with Gasteiger partial charge in [0.1, 0.15) is 5.03 Å². The lowest BCUT2D eigenvalue weighted by Gasteiger charge is -1.99. The van der Waals surface area contributed by atoms with Crippen molar-refractivity contribution in [3.05, 3.63) is 24.7 Å². The highest BCUT2D eigenvalue weighted by Crippen LogP contribution is 2.19. The molecule has 0 aliphatic heterocycles. The summed E-state index contributed by atoms with van der Waals surface area (Å²) in [5.74, 6) is -0.837. The summed E-state index contributed by atoms with van der Waals surface area (Å²) >= 11 is 1.19. The van der Waals surface area contributed by atoms with Crippen molar-refractivity contribution < 1.29 is 9.90 Å². The first-order valence-corrected chi connectivity index (χ1v) is 4.89. The number of hydrogen-bond donors (Lipinski definition) is 1. The quantitative estimate of drug-likeness (QED) is 0.761. The van der Waals surface area contributed by atoms with Gasteiger partial charge in [-0.25, -0.2) is 9.50 Å². The summed E-state index contributed by atoms with van der Waals surface area (Å²) in [6.07, 6.45) is 4.98. The molecular formula is C8H7N3O2S. The Morgan fingerprint density at radius 1 is 1.57 bits per heavy atom. The summed E-state index contributed by atoms with van der Waals surface area (Å²) in [5.41, 5.74) is 0.832. The molecule has 2 aromatic rings. The normalized spacial score (nSPS) is 10.6. The van der Waals surface area contributed by atoms with Crippen molar-refractivity contribution in [3.63, 3.8) is 0 Å². The average molecular weight is 209 g/mol. The first-order valence-electron chi connectivity index (χ1n) is 3.90. The molecule has 0 unspecified atom stereocenters. The molecule has 0 aliphatic carbocycles. The fourth-order valence-corrected chi connectivity index (χ4v) is 1.78. The first kappa shape index (κ1) is 9.01. The monoisotopic (exact) mass is 209 g/mol. The Labute approximate surface area is 83.8 Å². The predicted octanol–water partition coefficient (Wildman–Crippen LogP) is 0.906. The molecule has 0 amide bonds. The van der Waals surface area contributed by atoms with Gasteiger partial charge in [0.05, 0.1) is 17.5 Å². The molecule has 0 fully saturated rings. The Morgan fingerprint density at radius 3 is 3.21 bits per heavy atom. The number of rotatable bonds is 3. The van der Waals surface area contributed by atoms with Crippen molar-refractivity contribution in [2.75, 3.05) is 5.75 Å². The zero-order valence-corrected chi connectivity index (χ0v) is 7.94. The third-order valence-corrected chi connectivity index (χ3v) is 2.60. The second-order valence-electron chi connectivity index (χ2n) is 2.58. The van der Waals surface area contributed by atoms with Gasteiger partial charge in [-0.15, -0.1) is 0 Å². The maximum Gasteiger partial charge on any atom is 0.313 e. The van der Waals surface area contributed by atoms with Gasteiger partial charge in [0.15, 0.2) is 0 Å². The van der Waals surface area contributed by atoms with Gasteiger partial charge in [-0.3, -0.25) is 4.79 Å². The molecule has 2 heterocycles. The molecule has 14 heavy (non-hydrogen) atoms.